The highest BCUT2D eigenvalue weighted by Crippen LogP contribution is 2.32. The summed E-state index contributed by atoms with van der Waals surface area (Å²) in [4.78, 5) is 15.5. The number of halogens is 4. The Balaban J connectivity index is 2.05. The molecule has 1 heterocycles. The van der Waals surface area contributed by atoms with Crippen LogP contribution in [0, 0.1) is 5.82 Å². The lowest BCUT2D eigenvalue weighted by Crippen LogP contribution is -2.55. The number of benzene rings is 1. The highest BCUT2D eigenvalue weighted by Gasteiger charge is 2.36. The maximum absolute atomic E-state index is 13.6. The number of β-amino-alcohol motifs (C(OH)–C–C–N with tert-alkyl or cyclic N) is 1. The summed E-state index contributed by atoms with van der Waals surface area (Å²) in [5, 5.41) is 12.9. The van der Waals surface area contributed by atoms with Crippen molar-refractivity contribution in [3.8, 4) is 0 Å². The van der Waals surface area contributed by atoms with E-state index in [2.05, 4.69) is 5.32 Å². The van der Waals surface area contributed by atoms with Gasteiger partial charge in [-0.3, -0.25) is 0 Å². The van der Waals surface area contributed by atoms with Crippen molar-refractivity contribution in [1.82, 2.24) is 9.80 Å². The molecular formula is C16H21F4N3O2. The van der Waals surface area contributed by atoms with Crippen molar-refractivity contribution in [2.24, 2.45) is 0 Å². The van der Waals surface area contributed by atoms with Gasteiger partial charge >= 0.3 is 12.2 Å². The van der Waals surface area contributed by atoms with Crippen LogP contribution >= 0.6 is 0 Å². The number of carbonyl (C=O) groups excluding carboxylic acids is 1. The molecule has 0 bridgehead atoms. The van der Waals surface area contributed by atoms with Crippen LogP contribution in [0.25, 0.3) is 0 Å². The van der Waals surface area contributed by atoms with Crippen LogP contribution in [0.5, 0.6) is 0 Å². The lowest BCUT2D eigenvalue weighted by Gasteiger charge is -2.40. The lowest BCUT2D eigenvalue weighted by atomic mass is 9.92. The number of anilines is 1. The molecule has 0 aromatic heterocycles. The van der Waals surface area contributed by atoms with Crippen molar-refractivity contribution >= 4 is 11.7 Å². The second kappa shape index (κ2) is 7.17. The Morgan fingerprint density at radius 3 is 2.64 bits per heavy atom. The molecule has 1 aliphatic heterocycles. The molecule has 1 aromatic carbocycles. The standard InChI is InChI=1S/C16H21F4N3O2/c1-22(2)9-15(25)6-3-7-23(10-15)14(24)21-11-4-5-12(13(17)8-11)16(18,19)20/h4-5,8,25H,3,6-7,9-10H2,1-2H3,(H,21,24)/t15-/m0/s1. The maximum Gasteiger partial charge on any atom is 0.419 e. The van der Waals surface area contributed by atoms with Gasteiger partial charge in [-0.1, -0.05) is 0 Å². The molecule has 5 nitrogen and oxygen atoms in total. The quantitative estimate of drug-likeness (QED) is 0.812. The van der Waals surface area contributed by atoms with E-state index in [0.717, 1.165) is 6.07 Å². The molecule has 2 rings (SSSR count). The minimum Gasteiger partial charge on any atom is -0.387 e. The van der Waals surface area contributed by atoms with E-state index in [1.165, 1.54) is 4.90 Å². The van der Waals surface area contributed by atoms with Gasteiger partial charge in [-0.05, 0) is 45.1 Å². The predicted molar refractivity (Wildman–Crippen MR) is 84.7 cm³/mol. The van der Waals surface area contributed by atoms with Gasteiger partial charge in [0, 0.05) is 18.8 Å². The van der Waals surface area contributed by atoms with Crippen molar-refractivity contribution < 1.29 is 27.5 Å². The molecule has 1 aliphatic rings. The van der Waals surface area contributed by atoms with E-state index in [0.29, 0.717) is 38.1 Å². The fourth-order valence-corrected chi connectivity index (χ4v) is 3.03. The first-order valence-corrected chi connectivity index (χ1v) is 7.80. The van der Waals surface area contributed by atoms with E-state index in [-0.39, 0.29) is 12.2 Å². The Morgan fingerprint density at radius 1 is 1.40 bits per heavy atom. The molecule has 9 heteroatoms. The SMILES string of the molecule is CN(C)C[C@@]1(O)CCCN(C(=O)Nc2ccc(C(F)(F)F)c(F)c2)C1. The number of aliphatic hydroxyl groups is 1. The molecule has 1 atom stereocenters. The maximum atomic E-state index is 13.6. The zero-order valence-corrected chi connectivity index (χ0v) is 14.0. The van der Waals surface area contributed by atoms with Gasteiger partial charge in [-0.15, -0.1) is 0 Å². The summed E-state index contributed by atoms with van der Waals surface area (Å²) in [5.74, 6) is -1.45. The topological polar surface area (TPSA) is 55.8 Å². The monoisotopic (exact) mass is 363 g/mol. The Morgan fingerprint density at radius 2 is 2.08 bits per heavy atom. The zero-order valence-electron chi connectivity index (χ0n) is 14.0. The van der Waals surface area contributed by atoms with E-state index in [4.69, 9.17) is 0 Å². The summed E-state index contributed by atoms with van der Waals surface area (Å²) >= 11 is 0. The second-order valence-electron chi connectivity index (χ2n) is 6.61. The highest BCUT2D eigenvalue weighted by atomic mass is 19.4. The second-order valence-corrected chi connectivity index (χ2v) is 6.61. The number of rotatable bonds is 3. The van der Waals surface area contributed by atoms with Crippen LogP contribution in [0.4, 0.5) is 28.0 Å². The highest BCUT2D eigenvalue weighted by molar-refractivity contribution is 5.89. The molecular weight excluding hydrogens is 342 g/mol. The number of hydrogen-bond donors (Lipinski definition) is 2. The molecule has 25 heavy (non-hydrogen) atoms. The van der Waals surface area contributed by atoms with Crippen LogP contribution in [-0.2, 0) is 6.18 Å². The van der Waals surface area contributed by atoms with Gasteiger partial charge in [0.1, 0.15) is 5.82 Å². The molecule has 2 amide bonds. The number of piperidine rings is 1. The van der Waals surface area contributed by atoms with Crippen molar-refractivity contribution in [3.63, 3.8) is 0 Å². The molecule has 0 radical (unpaired) electrons. The number of nitrogens with zero attached hydrogens (tertiary/aromatic N) is 2. The first kappa shape index (κ1) is 19.5. The molecule has 1 aromatic rings. The van der Waals surface area contributed by atoms with Crippen LogP contribution < -0.4 is 5.32 Å². The minimum atomic E-state index is -4.79. The van der Waals surface area contributed by atoms with E-state index < -0.39 is 29.2 Å². The van der Waals surface area contributed by atoms with E-state index >= 15 is 0 Å². The number of alkyl halides is 3. The minimum absolute atomic E-state index is 0.0720. The van der Waals surface area contributed by atoms with Gasteiger partial charge in [0.25, 0.3) is 0 Å². The van der Waals surface area contributed by atoms with Gasteiger partial charge in [0.05, 0.1) is 17.7 Å². The van der Waals surface area contributed by atoms with Crippen LogP contribution in [0.3, 0.4) is 0 Å². The van der Waals surface area contributed by atoms with Gasteiger partial charge in [-0.2, -0.15) is 13.2 Å². The number of nitrogens with one attached hydrogen (secondary N) is 1. The van der Waals surface area contributed by atoms with Crippen molar-refractivity contribution in [1.29, 1.82) is 0 Å². The molecule has 0 spiro atoms. The summed E-state index contributed by atoms with van der Waals surface area (Å²) in [6.45, 7) is 0.885. The largest absolute Gasteiger partial charge is 0.419 e. The smallest absolute Gasteiger partial charge is 0.387 e. The lowest BCUT2D eigenvalue weighted by molar-refractivity contribution is -0.139. The summed E-state index contributed by atoms with van der Waals surface area (Å²) in [7, 11) is 3.62. The summed E-state index contributed by atoms with van der Waals surface area (Å²) in [6.07, 6.45) is -3.65. The third kappa shape index (κ3) is 5.05. The Kier molecular flexibility index (Phi) is 5.58. The Hall–Kier alpha value is -1.87. The first-order chi connectivity index (χ1) is 11.5. The van der Waals surface area contributed by atoms with Crippen molar-refractivity contribution in [3.05, 3.63) is 29.6 Å². The molecule has 0 saturated carbocycles. The fourth-order valence-electron chi connectivity index (χ4n) is 3.03. The zero-order chi connectivity index (χ0) is 18.8. The van der Waals surface area contributed by atoms with Crippen molar-refractivity contribution in [2.45, 2.75) is 24.6 Å². The third-order valence-electron chi connectivity index (χ3n) is 3.98. The number of urea groups is 1. The molecule has 140 valence electrons. The average molecular weight is 363 g/mol. The fraction of sp³-hybridized carbons (Fsp3) is 0.562. The van der Waals surface area contributed by atoms with Crippen molar-refractivity contribution in [2.75, 3.05) is 39.0 Å². The molecule has 0 unspecified atom stereocenters. The number of likely N-dealkylation sites (tertiary alicyclic amines) is 1. The van der Waals surface area contributed by atoms with E-state index in [1.54, 1.807) is 0 Å². The summed E-state index contributed by atoms with van der Waals surface area (Å²) in [5.41, 5.74) is -2.51. The van der Waals surface area contributed by atoms with Gasteiger partial charge in [0.15, 0.2) is 0 Å². The Labute approximate surface area is 143 Å². The average Bonchev–Trinajstić information content (AvgIpc) is 2.44. The summed E-state index contributed by atoms with van der Waals surface area (Å²) in [6, 6.07) is 1.64. The van der Waals surface area contributed by atoms with Gasteiger partial charge < -0.3 is 20.2 Å². The number of likely N-dealkylation sites (N-methyl/N-ethyl adjacent to an activating group) is 1. The van der Waals surface area contributed by atoms with E-state index in [9.17, 15) is 27.5 Å². The first-order valence-electron chi connectivity index (χ1n) is 7.80. The summed E-state index contributed by atoms with van der Waals surface area (Å²) < 4.78 is 51.2. The van der Waals surface area contributed by atoms with Gasteiger partial charge in [0.2, 0.25) is 0 Å². The molecule has 1 fully saturated rings. The third-order valence-corrected chi connectivity index (χ3v) is 3.98. The molecule has 2 N–H and O–H groups in total. The van der Waals surface area contributed by atoms with Crippen LogP contribution in [0.15, 0.2) is 18.2 Å². The van der Waals surface area contributed by atoms with E-state index in [1.807, 2.05) is 19.0 Å². The molecule has 0 aliphatic carbocycles. The number of amides is 2. The van der Waals surface area contributed by atoms with Gasteiger partial charge in [-0.25, -0.2) is 9.18 Å². The normalized spacial score (nSPS) is 21.5. The van der Waals surface area contributed by atoms with Crippen LogP contribution in [-0.4, -0.2) is 60.3 Å². The molecule has 1 saturated heterocycles. The number of carbonyl (C=O) groups is 1. The van der Waals surface area contributed by atoms with Crippen LogP contribution in [0.1, 0.15) is 18.4 Å². The van der Waals surface area contributed by atoms with Crippen LogP contribution in [0.2, 0.25) is 0 Å². The Bertz CT molecular complexity index is 636. The predicted octanol–water partition coefficient (Wildman–Crippen LogP) is 2.76. The number of hydrogen-bond acceptors (Lipinski definition) is 3.